The fourth-order valence-corrected chi connectivity index (χ4v) is 1.12. The van der Waals surface area contributed by atoms with Crippen molar-refractivity contribution in [3.63, 3.8) is 0 Å². The van der Waals surface area contributed by atoms with Gasteiger partial charge in [-0.15, -0.1) is 0 Å². The van der Waals surface area contributed by atoms with Crippen LogP contribution >= 0.6 is 0 Å². The van der Waals surface area contributed by atoms with Crippen LogP contribution in [0.2, 0.25) is 0 Å². The van der Waals surface area contributed by atoms with Crippen molar-refractivity contribution in [2.75, 3.05) is 0 Å². The summed E-state index contributed by atoms with van der Waals surface area (Å²) < 4.78 is 21.1. The van der Waals surface area contributed by atoms with E-state index in [4.69, 9.17) is 5.84 Å². The quantitative estimate of drug-likeness (QED) is 0.469. The minimum absolute atomic E-state index is 1.03. The van der Waals surface area contributed by atoms with Crippen molar-refractivity contribution in [1.29, 1.82) is 0 Å². The number of hydrogen-bond donors (Lipinski definition) is 1. The molecule has 0 aromatic rings. The number of sulfone groups is 1. The predicted molar refractivity (Wildman–Crippen MR) is 33.2 cm³/mol. The lowest BCUT2D eigenvalue weighted by Crippen LogP contribution is -2.20. The first-order valence-electron chi connectivity index (χ1n) is 2.25. The van der Waals surface area contributed by atoms with Gasteiger partial charge in [-0.2, -0.15) is 0 Å². The van der Waals surface area contributed by atoms with E-state index < -0.39 is 9.84 Å². The Labute approximate surface area is 53.1 Å². The van der Waals surface area contributed by atoms with Gasteiger partial charge in [0.05, 0.1) is 10.8 Å². The Morgan fingerprint density at radius 1 is 1.22 bits per heavy atom. The summed E-state index contributed by atoms with van der Waals surface area (Å²) in [6.07, 6.45) is 2.55. The highest BCUT2D eigenvalue weighted by Crippen LogP contribution is 2.01. The molecule has 0 spiro atoms. The maximum atomic E-state index is 10.5. The molecule has 1 heterocycles. The van der Waals surface area contributed by atoms with Crippen LogP contribution in [0.25, 0.3) is 0 Å². The molecule has 1 aliphatic heterocycles. The third-order valence-corrected chi connectivity index (χ3v) is 1.85. The maximum absolute atomic E-state index is 10.5. The van der Waals surface area contributed by atoms with E-state index in [1.165, 1.54) is 17.4 Å². The van der Waals surface area contributed by atoms with Gasteiger partial charge in [-0.3, -0.25) is 5.01 Å². The van der Waals surface area contributed by atoms with Crippen LogP contribution < -0.4 is 5.84 Å². The summed E-state index contributed by atoms with van der Waals surface area (Å²) in [5.74, 6) is 5.15. The molecule has 0 atom stereocenters. The van der Waals surface area contributed by atoms with E-state index in [1.807, 2.05) is 0 Å². The number of nitrogens with two attached hydrogens (primary N) is 1. The molecule has 0 aromatic carbocycles. The van der Waals surface area contributed by atoms with Crippen LogP contribution in [0.1, 0.15) is 0 Å². The summed E-state index contributed by atoms with van der Waals surface area (Å²) in [6, 6.07) is 0. The monoisotopic (exact) mass is 146 g/mol. The van der Waals surface area contributed by atoms with E-state index in [0.717, 1.165) is 10.8 Å². The fraction of sp³-hybridized carbons (Fsp3) is 0. The van der Waals surface area contributed by atoms with Gasteiger partial charge in [0.1, 0.15) is 0 Å². The lowest BCUT2D eigenvalue weighted by Gasteiger charge is -2.08. The van der Waals surface area contributed by atoms with Gasteiger partial charge in [0.25, 0.3) is 0 Å². The Morgan fingerprint density at radius 3 is 2.00 bits per heavy atom. The molecular formula is C4H6N2O2S. The third-order valence-electron chi connectivity index (χ3n) is 0.845. The first kappa shape index (κ1) is 6.31. The van der Waals surface area contributed by atoms with Gasteiger partial charge in [0.2, 0.25) is 0 Å². The summed E-state index contributed by atoms with van der Waals surface area (Å²) in [5.41, 5.74) is 0. The van der Waals surface area contributed by atoms with Crippen molar-refractivity contribution in [2.45, 2.75) is 0 Å². The van der Waals surface area contributed by atoms with Crippen LogP contribution in [0.5, 0.6) is 0 Å². The van der Waals surface area contributed by atoms with Crippen molar-refractivity contribution in [1.82, 2.24) is 5.01 Å². The molecule has 0 amide bonds. The molecule has 50 valence electrons. The number of rotatable bonds is 0. The molecule has 1 aliphatic rings. The second-order valence-corrected chi connectivity index (χ2v) is 3.33. The minimum Gasteiger partial charge on any atom is -0.293 e. The number of hydrogen-bond acceptors (Lipinski definition) is 4. The molecule has 0 saturated carbocycles. The largest absolute Gasteiger partial charge is 0.293 e. The van der Waals surface area contributed by atoms with Gasteiger partial charge in [0.15, 0.2) is 9.84 Å². The zero-order chi connectivity index (χ0) is 6.91. The molecule has 4 nitrogen and oxygen atoms in total. The van der Waals surface area contributed by atoms with Crippen molar-refractivity contribution in [3.05, 3.63) is 23.2 Å². The first-order chi connectivity index (χ1) is 4.10. The molecule has 0 bridgehead atoms. The third kappa shape index (κ3) is 1.55. The summed E-state index contributed by atoms with van der Waals surface area (Å²) in [5, 5.41) is 3.24. The highest BCUT2D eigenvalue weighted by molar-refractivity contribution is 7.97. The van der Waals surface area contributed by atoms with Crippen LogP contribution in [0.15, 0.2) is 23.2 Å². The van der Waals surface area contributed by atoms with Crippen LogP contribution in [-0.2, 0) is 9.84 Å². The van der Waals surface area contributed by atoms with E-state index in [2.05, 4.69) is 0 Å². The Kier molecular flexibility index (Phi) is 1.30. The molecule has 5 heteroatoms. The SMILES string of the molecule is NN1C=CS(=O)(=O)C=C1. The molecule has 0 fully saturated rings. The summed E-state index contributed by atoms with van der Waals surface area (Å²) in [6.45, 7) is 0. The fourth-order valence-electron chi connectivity index (χ4n) is 0.405. The van der Waals surface area contributed by atoms with Gasteiger partial charge < -0.3 is 0 Å². The highest BCUT2D eigenvalue weighted by atomic mass is 32.2. The number of nitrogens with zero attached hydrogens (tertiary/aromatic N) is 1. The molecule has 1 rings (SSSR count). The predicted octanol–water partition coefficient (Wildman–Crippen LogP) is -0.467. The Morgan fingerprint density at radius 2 is 1.67 bits per heavy atom. The lowest BCUT2D eigenvalue weighted by molar-refractivity contribution is 0.535. The topological polar surface area (TPSA) is 63.4 Å². The van der Waals surface area contributed by atoms with Gasteiger partial charge in [-0.1, -0.05) is 0 Å². The van der Waals surface area contributed by atoms with Crippen LogP contribution in [-0.4, -0.2) is 13.4 Å². The van der Waals surface area contributed by atoms with Crippen molar-refractivity contribution < 1.29 is 8.42 Å². The Balaban J connectivity index is 2.96. The minimum atomic E-state index is -3.10. The standard InChI is InChI=1S/C4H6N2O2S/c5-6-1-3-9(7,8)4-2-6/h1-4H,5H2. The van der Waals surface area contributed by atoms with Gasteiger partial charge in [0, 0.05) is 12.4 Å². The smallest absolute Gasteiger partial charge is 0.196 e. The normalized spacial score (nSPS) is 22.6. The first-order valence-corrected chi connectivity index (χ1v) is 3.86. The van der Waals surface area contributed by atoms with Crippen molar-refractivity contribution in [3.8, 4) is 0 Å². The Hall–Kier alpha value is -0.810. The summed E-state index contributed by atoms with van der Waals surface area (Å²) >= 11 is 0. The average Bonchev–Trinajstić information content (AvgIpc) is 1.78. The van der Waals surface area contributed by atoms with Gasteiger partial charge in [-0.05, 0) is 0 Å². The van der Waals surface area contributed by atoms with E-state index in [1.54, 1.807) is 0 Å². The van der Waals surface area contributed by atoms with Crippen LogP contribution in [0, 0.1) is 0 Å². The molecule has 2 N–H and O–H groups in total. The summed E-state index contributed by atoms with van der Waals surface area (Å²) in [4.78, 5) is 0. The van der Waals surface area contributed by atoms with E-state index in [9.17, 15) is 8.42 Å². The zero-order valence-electron chi connectivity index (χ0n) is 4.56. The molecular weight excluding hydrogens is 140 g/mol. The number of hydrazine groups is 1. The second-order valence-electron chi connectivity index (χ2n) is 1.61. The van der Waals surface area contributed by atoms with Crippen LogP contribution in [0.3, 0.4) is 0 Å². The second kappa shape index (κ2) is 1.85. The van der Waals surface area contributed by atoms with E-state index in [-0.39, 0.29) is 0 Å². The van der Waals surface area contributed by atoms with Crippen molar-refractivity contribution >= 4 is 9.84 Å². The maximum Gasteiger partial charge on any atom is 0.196 e. The average molecular weight is 146 g/mol. The molecule has 0 saturated heterocycles. The van der Waals surface area contributed by atoms with Crippen molar-refractivity contribution in [2.24, 2.45) is 5.84 Å². The van der Waals surface area contributed by atoms with E-state index >= 15 is 0 Å². The molecule has 0 aromatic heterocycles. The molecule has 0 unspecified atom stereocenters. The Bertz CT molecular complexity index is 232. The summed E-state index contributed by atoms with van der Waals surface area (Å²) in [7, 11) is -3.10. The molecule has 0 aliphatic carbocycles. The van der Waals surface area contributed by atoms with E-state index in [0.29, 0.717) is 0 Å². The molecule has 0 radical (unpaired) electrons. The van der Waals surface area contributed by atoms with Crippen LogP contribution in [0.4, 0.5) is 0 Å². The zero-order valence-corrected chi connectivity index (χ0v) is 5.38. The van der Waals surface area contributed by atoms with Gasteiger partial charge >= 0.3 is 0 Å². The highest BCUT2D eigenvalue weighted by Gasteiger charge is 2.03. The van der Waals surface area contributed by atoms with Gasteiger partial charge in [-0.25, -0.2) is 14.3 Å². The molecule has 9 heavy (non-hydrogen) atoms. The lowest BCUT2D eigenvalue weighted by atomic mass is 10.8.